The summed E-state index contributed by atoms with van der Waals surface area (Å²) in [7, 11) is 0. The Balaban J connectivity index is 0.000000221. The molecule has 0 amide bonds. The third-order valence-electron chi connectivity index (χ3n) is 19.0. The summed E-state index contributed by atoms with van der Waals surface area (Å²) >= 11 is -1.76. The van der Waals surface area contributed by atoms with Crippen molar-refractivity contribution < 1.29 is 22.5 Å². The van der Waals surface area contributed by atoms with Crippen molar-refractivity contribution in [1.29, 1.82) is 1.19 Å². The fourth-order valence-electron chi connectivity index (χ4n) is 13.2. The number of H-pyrrole nitrogens is 3. The van der Waals surface area contributed by atoms with E-state index in [-0.39, 0.29) is 22.5 Å². The maximum atomic E-state index is 12.6. The minimum Gasteiger partial charge on any atom is -0.361 e. The number of fused-ring (bicyclic) bond motifs is 8. The maximum absolute atomic E-state index is 12.6. The summed E-state index contributed by atoms with van der Waals surface area (Å²) in [4.78, 5) is 73.1. The average Bonchev–Trinajstić information content (AvgIpc) is 1.43. The molecular weight excluding hydrogens is 1600 g/mol. The standard InChI is InChI=1S/C21H25N3O2.C21H20N2O2.C12H14N2O2.C12H9NO2.C8H12N2.C8H9NO.C8H7N.3C2H6.CH5I/c1-3-24(4-2)17-7-5-16-12-18(21(25)26-20(16)13-17)14-6-8-19(23)15(11-14)9-10-22;1-3-23(4-2)17-7-5-16-12-18(21(24)25-20(16)13-17)14-6-8-19-15(11-14)9-10-22-19;1-7-6-11(15)16-10-3-2-9(14)8(4-5-13)12(7)10;1-7-6-11(14)15-10-3-2-9-8(12(7)10)4-5-13-9;9-6-5-7-3-1-2-4-8(7)10;9-8-4-2-1-3-7(8)5-6-10;1-2-4-8-7(3-1)5-6-9-8;4*1-2/h5-8,11-13H,3-4,9-10,22-23H2,1-2H3;5-13,22H,3-4H2,1-2H3;2-3,6H,4-5,13-14H2,1H3;2-6,13H,1H3;1-4H,5-6,9-10H2;1-4,6H,5,9H2;1-6,9H;3*1-2H3;2H2,1H3/i;;;;;;;;;;2T2. The Kier molecular flexibility index (Phi) is 38.3. The number of hydrogen-bond donors (Lipinski definition) is 10. The van der Waals surface area contributed by atoms with E-state index in [1.807, 2.05) is 226 Å². The first kappa shape index (κ1) is 92.0. The summed E-state index contributed by atoms with van der Waals surface area (Å²) in [5.41, 5.74) is 57.7. The van der Waals surface area contributed by atoms with Crippen molar-refractivity contribution in [3.05, 3.63) is 306 Å². The van der Waals surface area contributed by atoms with Crippen molar-refractivity contribution in [1.82, 2.24) is 15.0 Å². The first-order chi connectivity index (χ1) is 58.5. The molecule has 628 valence electrons. The number of hydrogen-bond acceptors (Lipinski definition) is 18. The molecule has 0 aliphatic rings. The third-order valence-corrected chi connectivity index (χ3v) is 19.0. The van der Waals surface area contributed by atoms with Gasteiger partial charge in [-0.25, -0.2) is 19.2 Å². The molecule has 0 spiro atoms. The molecule has 16 rings (SSSR count). The zero-order valence-electron chi connectivity index (χ0n) is 72.8. The Bertz CT molecular complexity index is 6130. The summed E-state index contributed by atoms with van der Waals surface area (Å²) in [6.07, 6.45) is 9.21. The van der Waals surface area contributed by atoms with Gasteiger partial charge < -0.3 is 87.4 Å². The summed E-state index contributed by atoms with van der Waals surface area (Å²) in [6, 6.07) is 67.0. The van der Waals surface area contributed by atoms with Gasteiger partial charge in [-0.3, -0.25) is 0 Å². The van der Waals surface area contributed by atoms with Gasteiger partial charge >= 0.3 is 50.8 Å². The van der Waals surface area contributed by atoms with E-state index in [4.69, 9.17) is 59.0 Å². The van der Waals surface area contributed by atoms with E-state index in [1.54, 1.807) is 23.1 Å². The molecule has 0 unspecified atom stereocenters. The number of aldehydes is 1. The molecule has 21 nitrogen and oxygen atoms in total. The van der Waals surface area contributed by atoms with Gasteiger partial charge in [0, 0.05) is 153 Å². The number of aryl methyl sites for hydroxylation is 2. The van der Waals surface area contributed by atoms with Crippen LogP contribution in [0.5, 0.6) is 0 Å². The quantitative estimate of drug-likeness (QED) is 0.0141. The Morgan fingerprint density at radius 1 is 0.403 bits per heavy atom. The number of alkyl halides is 1. The van der Waals surface area contributed by atoms with E-state index in [0.29, 0.717) is 89.4 Å². The Morgan fingerprint density at radius 3 is 1.36 bits per heavy atom. The topological polar surface area (TPSA) is 374 Å². The summed E-state index contributed by atoms with van der Waals surface area (Å²) < 4.78 is 34.3. The molecular formula is C97H119IN12O9. The number of carbonyl (C=O) groups excluding carboxylic acids is 1. The van der Waals surface area contributed by atoms with Crippen molar-refractivity contribution in [2.24, 2.45) is 17.2 Å². The van der Waals surface area contributed by atoms with E-state index >= 15 is 0 Å². The number of aromatic nitrogens is 3. The monoisotopic (exact) mass is 1730 g/mol. The maximum Gasteiger partial charge on any atom is 0.0453 e. The molecule has 7 heterocycles. The first-order valence-electron chi connectivity index (χ1n) is 41.1. The van der Waals surface area contributed by atoms with E-state index in [9.17, 15) is 24.0 Å². The molecule has 22 heteroatoms. The van der Waals surface area contributed by atoms with Crippen molar-refractivity contribution in [2.75, 3.05) is 83.5 Å². The van der Waals surface area contributed by atoms with Gasteiger partial charge in [0.05, 0.1) is 11.1 Å². The van der Waals surface area contributed by atoms with Gasteiger partial charge in [0.25, 0.3) is 0 Å². The molecule has 119 heavy (non-hydrogen) atoms. The molecule has 9 aromatic carbocycles. The Morgan fingerprint density at radius 2 is 0.832 bits per heavy atom. The number of halogens is 1. The molecule has 0 saturated carbocycles. The Labute approximate surface area is 711 Å². The number of nitrogens with zero attached hydrogens (tertiary/aromatic N) is 2. The number of aromatic amines is 3. The van der Waals surface area contributed by atoms with Gasteiger partial charge in [-0.15, -0.1) is 0 Å². The molecule has 0 saturated heterocycles. The smallest absolute Gasteiger partial charge is 0.0453 e. The molecule has 16 aromatic rings. The van der Waals surface area contributed by atoms with Crippen LogP contribution in [0.1, 0.15) is 103 Å². The molecule has 0 radical (unpaired) electrons. The second-order valence-electron chi connectivity index (χ2n) is 26.2. The van der Waals surface area contributed by atoms with Crippen molar-refractivity contribution in [2.45, 2.75) is 109 Å². The van der Waals surface area contributed by atoms with Crippen LogP contribution in [0.25, 0.3) is 98.8 Å². The number of nitrogens with one attached hydrogen (secondary N) is 3. The second-order valence-corrected chi connectivity index (χ2v) is 26.2. The summed E-state index contributed by atoms with van der Waals surface area (Å²) in [5, 5.41) is 7.19. The molecule has 0 bridgehead atoms. The molecule has 7 aromatic heterocycles. The van der Waals surface area contributed by atoms with Gasteiger partial charge in [-0.1, -0.05) is 108 Å². The largest absolute Gasteiger partial charge is 0.361 e. The van der Waals surface area contributed by atoms with Crippen LogP contribution in [0.3, 0.4) is 0 Å². The predicted octanol–water partition coefficient (Wildman–Crippen LogP) is 19.5. The number of nitrogens with two attached hydrogens (primary N) is 7. The molecule has 17 N–H and O–H groups in total. The second kappa shape index (κ2) is 49.6. The van der Waals surface area contributed by atoms with Gasteiger partial charge in [0.2, 0.25) is 0 Å². The normalized spacial score (nSPS) is 10.6. The molecule has 0 aliphatic carbocycles. The van der Waals surface area contributed by atoms with Crippen LogP contribution in [0, 0.1) is 13.8 Å². The van der Waals surface area contributed by atoms with Crippen LogP contribution >= 0.6 is 22.2 Å². The van der Waals surface area contributed by atoms with E-state index < -0.39 is 22.2 Å². The third kappa shape index (κ3) is 26.0. The minimum atomic E-state index is -1.76. The fourth-order valence-corrected chi connectivity index (χ4v) is 13.2. The zero-order chi connectivity index (χ0) is 88.7. The van der Waals surface area contributed by atoms with Gasteiger partial charge in [0.15, 0.2) is 0 Å². The van der Waals surface area contributed by atoms with Crippen LogP contribution in [0.15, 0.2) is 268 Å². The number of carbonyl (C=O) groups is 1. The van der Waals surface area contributed by atoms with Crippen LogP contribution in [0.2, 0.25) is 0 Å². The van der Waals surface area contributed by atoms with Crippen LogP contribution in [0.4, 0.5) is 34.1 Å². The molecule has 0 fully saturated rings. The van der Waals surface area contributed by atoms with Crippen LogP contribution in [-0.2, 0) is 30.5 Å². The van der Waals surface area contributed by atoms with Gasteiger partial charge in [-0.2, -0.15) is 0 Å². The first-order valence-corrected chi connectivity index (χ1v) is 42.5. The van der Waals surface area contributed by atoms with E-state index in [0.717, 1.165) is 144 Å². The van der Waals surface area contributed by atoms with Crippen molar-refractivity contribution >= 4 is 139 Å². The SMILES string of the molecule is CC.CC.CC.CCN(CC)c1ccc2cc(-c3ccc(N)c(CCN)c3)c(=O)oc2c1.CCN(CC)c1ccc2cc(-c3ccc4[nH]ccc4c3)c(=O)oc2c1.Cc1cc(=O)oc2ccc(N)c(CCN)c12.Cc1cc(=O)oc2ccc3[nH]ccc3c12.NCCc1ccccc1N.Nc1ccccc1CC=O.[3H]I([3H])C.c1ccc2[nH]ccc2c1. The molecule has 0 atom stereocenters. The average molecular weight is 1730 g/mol. The number of nitrogen functional groups attached to an aromatic ring is 4. The zero-order valence-corrected chi connectivity index (χ0v) is 72.9. The van der Waals surface area contributed by atoms with E-state index in [2.05, 4.69) is 82.8 Å². The fraction of sp³-hybridized carbons (Fsp3) is 0.247. The molecule has 0 aliphatic heterocycles. The number of anilines is 6. The predicted molar refractivity (Wildman–Crippen MR) is 515 cm³/mol. The number of benzene rings is 9. The van der Waals surface area contributed by atoms with Gasteiger partial charge in [0.1, 0.15) is 28.6 Å². The van der Waals surface area contributed by atoms with Gasteiger partial charge in [-0.05, 0) is 257 Å². The number of rotatable bonds is 16. The summed E-state index contributed by atoms with van der Waals surface area (Å²) in [5.74, 6) is 0. The van der Waals surface area contributed by atoms with Crippen molar-refractivity contribution in [3.8, 4) is 22.3 Å². The van der Waals surface area contributed by atoms with Crippen LogP contribution in [-0.4, -0.2) is 73.2 Å². The summed E-state index contributed by atoms with van der Waals surface area (Å²) in [6.45, 7) is 29.6. The van der Waals surface area contributed by atoms with Crippen molar-refractivity contribution in [3.63, 3.8) is 0 Å². The minimum absolute atomic E-state index is 0.296. The number of para-hydroxylation sites is 3. The Hall–Kier alpha value is -12.5. The van der Waals surface area contributed by atoms with E-state index in [1.165, 1.54) is 23.0 Å². The van der Waals surface area contributed by atoms with Crippen LogP contribution < -0.4 is 72.4 Å².